The Morgan fingerprint density at radius 3 is 2.74 bits per heavy atom. The molecule has 0 radical (unpaired) electrons. The number of nitro benzene ring substituents is 1. The van der Waals surface area contributed by atoms with Gasteiger partial charge in [-0.05, 0) is 38.5 Å². The van der Waals surface area contributed by atoms with Crippen molar-refractivity contribution in [2.24, 2.45) is 7.05 Å². The van der Waals surface area contributed by atoms with Crippen LogP contribution in [0, 0.1) is 24.0 Å². The summed E-state index contributed by atoms with van der Waals surface area (Å²) in [4.78, 5) is 22.6. The SMILES string of the molecule is Cc1ccc(OC(C)c2nnc(SCC(=O)Nc3cccc([N+](=O)[O-])c3)n2C)c(C)c1. The molecule has 0 aliphatic carbocycles. The molecule has 0 aliphatic rings. The van der Waals surface area contributed by atoms with E-state index in [2.05, 4.69) is 21.6 Å². The highest BCUT2D eigenvalue weighted by molar-refractivity contribution is 7.99. The van der Waals surface area contributed by atoms with E-state index in [1.165, 1.54) is 35.5 Å². The van der Waals surface area contributed by atoms with Crippen molar-refractivity contribution in [3.63, 3.8) is 0 Å². The van der Waals surface area contributed by atoms with E-state index in [0.717, 1.165) is 11.3 Å². The van der Waals surface area contributed by atoms with Crippen molar-refractivity contribution in [1.29, 1.82) is 0 Å². The summed E-state index contributed by atoms with van der Waals surface area (Å²) in [5.74, 6) is 1.21. The average Bonchev–Trinajstić information content (AvgIpc) is 3.09. The van der Waals surface area contributed by atoms with Crippen LogP contribution in [-0.2, 0) is 11.8 Å². The van der Waals surface area contributed by atoms with Gasteiger partial charge in [-0.2, -0.15) is 0 Å². The van der Waals surface area contributed by atoms with Gasteiger partial charge in [-0.25, -0.2) is 0 Å². The van der Waals surface area contributed by atoms with Gasteiger partial charge >= 0.3 is 0 Å². The van der Waals surface area contributed by atoms with Crippen molar-refractivity contribution in [2.75, 3.05) is 11.1 Å². The van der Waals surface area contributed by atoms with Gasteiger partial charge in [0.2, 0.25) is 5.91 Å². The molecule has 0 saturated carbocycles. The van der Waals surface area contributed by atoms with E-state index < -0.39 is 4.92 Å². The lowest BCUT2D eigenvalue weighted by Crippen LogP contribution is -2.15. The number of thioether (sulfide) groups is 1. The molecule has 9 nitrogen and oxygen atoms in total. The number of nitro groups is 1. The Morgan fingerprint density at radius 1 is 1.26 bits per heavy atom. The average molecular weight is 442 g/mol. The number of hydrogen-bond donors (Lipinski definition) is 1. The largest absolute Gasteiger partial charge is 0.482 e. The molecule has 1 unspecified atom stereocenters. The number of nitrogens with one attached hydrogen (secondary N) is 1. The number of carbonyl (C=O) groups is 1. The van der Waals surface area contributed by atoms with Gasteiger partial charge in [-0.15, -0.1) is 10.2 Å². The van der Waals surface area contributed by atoms with Crippen molar-refractivity contribution in [3.8, 4) is 5.75 Å². The second-order valence-electron chi connectivity index (χ2n) is 7.07. The van der Waals surface area contributed by atoms with Crippen molar-refractivity contribution in [3.05, 3.63) is 69.5 Å². The molecule has 0 fully saturated rings. The van der Waals surface area contributed by atoms with Crippen LogP contribution < -0.4 is 10.1 Å². The molecule has 1 aromatic heterocycles. The number of nitrogens with zero attached hydrogens (tertiary/aromatic N) is 4. The first-order chi connectivity index (χ1) is 14.7. The molecule has 1 atom stereocenters. The Balaban J connectivity index is 1.60. The van der Waals surface area contributed by atoms with Gasteiger partial charge in [-0.1, -0.05) is 35.5 Å². The third-order valence-electron chi connectivity index (χ3n) is 4.54. The van der Waals surface area contributed by atoms with Crippen molar-refractivity contribution in [1.82, 2.24) is 14.8 Å². The van der Waals surface area contributed by atoms with Gasteiger partial charge in [0.15, 0.2) is 17.1 Å². The molecule has 0 aliphatic heterocycles. The summed E-state index contributed by atoms with van der Waals surface area (Å²) in [6.07, 6.45) is -0.327. The minimum Gasteiger partial charge on any atom is -0.482 e. The highest BCUT2D eigenvalue weighted by atomic mass is 32.2. The number of hydrogen-bond acceptors (Lipinski definition) is 7. The van der Waals surface area contributed by atoms with Gasteiger partial charge in [0.05, 0.1) is 10.7 Å². The van der Waals surface area contributed by atoms with E-state index in [4.69, 9.17) is 4.74 Å². The van der Waals surface area contributed by atoms with Gasteiger partial charge in [0.1, 0.15) is 5.75 Å². The zero-order valence-electron chi connectivity index (χ0n) is 17.7. The first kappa shape index (κ1) is 22.3. The first-order valence-electron chi connectivity index (χ1n) is 9.55. The molecular weight excluding hydrogens is 418 g/mol. The number of non-ortho nitro benzene ring substituents is 1. The lowest BCUT2D eigenvalue weighted by Gasteiger charge is -2.16. The van der Waals surface area contributed by atoms with Gasteiger partial charge in [-0.3, -0.25) is 14.9 Å². The van der Waals surface area contributed by atoms with Crippen LogP contribution in [0.5, 0.6) is 5.75 Å². The van der Waals surface area contributed by atoms with E-state index in [9.17, 15) is 14.9 Å². The normalized spacial score (nSPS) is 11.7. The Hall–Kier alpha value is -3.40. The van der Waals surface area contributed by atoms with Crippen LogP contribution in [0.2, 0.25) is 0 Å². The molecule has 31 heavy (non-hydrogen) atoms. The van der Waals surface area contributed by atoms with Crippen molar-refractivity contribution in [2.45, 2.75) is 32.0 Å². The number of benzene rings is 2. The third kappa shape index (κ3) is 5.60. The monoisotopic (exact) mass is 441 g/mol. The zero-order chi connectivity index (χ0) is 22.5. The zero-order valence-corrected chi connectivity index (χ0v) is 18.5. The molecular formula is C21H23N5O4S. The van der Waals surface area contributed by atoms with E-state index >= 15 is 0 Å². The van der Waals surface area contributed by atoms with Crippen LogP contribution >= 0.6 is 11.8 Å². The fourth-order valence-corrected chi connectivity index (χ4v) is 3.72. The predicted octanol–water partition coefficient (Wildman–Crippen LogP) is 4.21. The van der Waals surface area contributed by atoms with Crippen LogP contribution in [0.1, 0.15) is 30.0 Å². The highest BCUT2D eigenvalue weighted by Gasteiger charge is 2.19. The number of rotatable bonds is 8. The topological polar surface area (TPSA) is 112 Å². The Morgan fingerprint density at radius 2 is 2.03 bits per heavy atom. The standard InChI is InChI=1S/C21H23N5O4S/c1-13-8-9-18(14(2)10-13)30-15(3)20-23-24-21(25(20)4)31-12-19(27)22-16-6-5-7-17(11-16)26(28)29/h5-11,15H,12H2,1-4H3,(H,22,27). The molecule has 0 bridgehead atoms. The number of carbonyl (C=O) groups excluding carboxylic acids is 1. The van der Waals surface area contributed by atoms with Crippen LogP contribution in [0.25, 0.3) is 0 Å². The Kier molecular flexibility index (Phi) is 6.91. The molecule has 1 heterocycles. The summed E-state index contributed by atoms with van der Waals surface area (Å²) in [6, 6.07) is 11.8. The smallest absolute Gasteiger partial charge is 0.271 e. The summed E-state index contributed by atoms with van der Waals surface area (Å²) in [5, 5.41) is 22.4. The fraction of sp³-hybridized carbons (Fsp3) is 0.286. The van der Waals surface area contributed by atoms with Gasteiger partial charge in [0, 0.05) is 24.9 Å². The van der Waals surface area contributed by atoms with Crippen LogP contribution in [0.3, 0.4) is 0 Å². The molecule has 1 N–H and O–H groups in total. The minimum atomic E-state index is -0.507. The maximum absolute atomic E-state index is 12.2. The molecule has 162 valence electrons. The number of ether oxygens (including phenoxy) is 1. The molecule has 10 heteroatoms. The van der Waals surface area contributed by atoms with E-state index in [1.54, 1.807) is 10.6 Å². The molecule has 0 spiro atoms. The van der Waals surface area contributed by atoms with Crippen LogP contribution in [0.15, 0.2) is 47.6 Å². The first-order valence-corrected chi connectivity index (χ1v) is 10.5. The fourth-order valence-electron chi connectivity index (χ4n) is 3.00. The maximum atomic E-state index is 12.2. The molecule has 2 aromatic carbocycles. The maximum Gasteiger partial charge on any atom is 0.271 e. The lowest BCUT2D eigenvalue weighted by atomic mass is 10.1. The molecule has 3 aromatic rings. The summed E-state index contributed by atoms with van der Waals surface area (Å²) >= 11 is 1.22. The number of aryl methyl sites for hydroxylation is 2. The van der Waals surface area contributed by atoms with Gasteiger partial charge < -0.3 is 14.6 Å². The quantitative estimate of drug-likeness (QED) is 0.316. The predicted molar refractivity (Wildman–Crippen MR) is 118 cm³/mol. The van der Waals surface area contributed by atoms with Crippen molar-refractivity contribution >= 4 is 29.0 Å². The lowest BCUT2D eigenvalue weighted by molar-refractivity contribution is -0.384. The van der Waals surface area contributed by atoms with Crippen LogP contribution in [0.4, 0.5) is 11.4 Å². The molecule has 0 saturated heterocycles. The summed E-state index contributed by atoms with van der Waals surface area (Å²) in [6.45, 7) is 5.92. The summed E-state index contributed by atoms with van der Waals surface area (Å²) in [7, 11) is 1.82. The second kappa shape index (κ2) is 9.61. The Bertz CT molecular complexity index is 1110. The minimum absolute atomic E-state index is 0.0822. The number of amides is 1. The summed E-state index contributed by atoms with van der Waals surface area (Å²) < 4.78 is 7.84. The summed E-state index contributed by atoms with van der Waals surface area (Å²) in [5.41, 5.74) is 2.50. The number of anilines is 1. The van der Waals surface area contributed by atoms with E-state index in [-0.39, 0.29) is 23.5 Å². The second-order valence-corrected chi connectivity index (χ2v) is 8.02. The Labute approximate surface area is 184 Å². The molecule has 3 rings (SSSR count). The molecule has 1 amide bonds. The van der Waals surface area contributed by atoms with E-state index in [0.29, 0.717) is 16.7 Å². The van der Waals surface area contributed by atoms with Crippen LogP contribution in [-0.4, -0.2) is 31.3 Å². The van der Waals surface area contributed by atoms with Crippen molar-refractivity contribution < 1.29 is 14.5 Å². The van der Waals surface area contributed by atoms with E-state index in [1.807, 2.05) is 40.0 Å². The van der Waals surface area contributed by atoms with Gasteiger partial charge in [0.25, 0.3) is 5.69 Å². The third-order valence-corrected chi connectivity index (χ3v) is 5.56. The highest BCUT2D eigenvalue weighted by Crippen LogP contribution is 2.26. The number of aromatic nitrogens is 3.